The van der Waals surface area contributed by atoms with Crippen molar-refractivity contribution in [1.82, 2.24) is 4.90 Å². The van der Waals surface area contributed by atoms with Crippen LogP contribution in [-0.4, -0.2) is 29.6 Å². The smallest absolute Gasteiger partial charge is 0.368 e. The van der Waals surface area contributed by atoms with Crippen molar-refractivity contribution in [2.45, 2.75) is 38.5 Å². The van der Waals surface area contributed by atoms with Crippen molar-refractivity contribution in [3.63, 3.8) is 0 Å². The second kappa shape index (κ2) is 8.50. The van der Waals surface area contributed by atoms with Crippen LogP contribution in [0, 0.1) is 28.6 Å². The standard InChI is InChI=1S/C17H19F3N4O/c1-11(2)9-14(16(23)25)24(8-7-21)15(17(18,19)20)13-5-3-12(10-22)4-6-13/h3-6,11,14-15H,8-9H2,1-2H3,(H2,23,25)/t14?,15-/m0/s1. The lowest BCUT2D eigenvalue weighted by atomic mass is 9.96. The van der Waals surface area contributed by atoms with Crippen LogP contribution in [0.2, 0.25) is 0 Å². The molecule has 0 radical (unpaired) electrons. The molecule has 1 rings (SSSR count). The minimum atomic E-state index is -4.73. The Kier molecular flexibility index (Phi) is 6.96. The fourth-order valence-electron chi connectivity index (χ4n) is 2.63. The van der Waals surface area contributed by atoms with E-state index in [-0.39, 0.29) is 23.5 Å². The predicted octanol–water partition coefficient (Wildman–Crippen LogP) is 2.89. The maximum Gasteiger partial charge on any atom is 0.408 e. The van der Waals surface area contributed by atoms with Crippen molar-refractivity contribution < 1.29 is 18.0 Å². The van der Waals surface area contributed by atoms with Gasteiger partial charge >= 0.3 is 6.18 Å². The summed E-state index contributed by atoms with van der Waals surface area (Å²) >= 11 is 0. The Balaban J connectivity index is 3.42. The molecule has 0 spiro atoms. The van der Waals surface area contributed by atoms with E-state index in [9.17, 15) is 18.0 Å². The van der Waals surface area contributed by atoms with Crippen molar-refractivity contribution in [1.29, 1.82) is 10.5 Å². The van der Waals surface area contributed by atoms with Crippen LogP contribution in [0.3, 0.4) is 0 Å². The monoisotopic (exact) mass is 352 g/mol. The third kappa shape index (κ3) is 5.47. The fourth-order valence-corrected chi connectivity index (χ4v) is 2.63. The molecule has 134 valence electrons. The number of halogens is 3. The zero-order valence-corrected chi connectivity index (χ0v) is 13.9. The number of nitriles is 2. The lowest BCUT2D eigenvalue weighted by Crippen LogP contribution is -2.51. The lowest BCUT2D eigenvalue weighted by molar-refractivity contribution is -0.192. The van der Waals surface area contributed by atoms with E-state index in [0.717, 1.165) is 4.90 Å². The summed E-state index contributed by atoms with van der Waals surface area (Å²) in [6, 6.07) is 4.99. The number of hydrogen-bond acceptors (Lipinski definition) is 4. The topological polar surface area (TPSA) is 93.9 Å². The van der Waals surface area contributed by atoms with Crippen molar-refractivity contribution >= 4 is 5.91 Å². The molecule has 8 heteroatoms. The molecule has 1 aromatic carbocycles. The number of carbonyl (C=O) groups is 1. The van der Waals surface area contributed by atoms with Crippen molar-refractivity contribution in [3.8, 4) is 12.1 Å². The molecule has 0 heterocycles. The van der Waals surface area contributed by atoms with E-state index in [1.165, 1.54) is 24.3 Å². The molecule has 0 saturated heterocycles. The van der Waals surface area contributed by atoms with Crippen molar-refractivity contribution in [3.05, 3.63) is 35.4 Å². The molecule has 2 N–H and O–H groups in total. The Morgan fingerprint density at radius 3 is 2.16 bits per heavy atom. The largest absolute Gasteiger partial charge is 0.408 e. The highest BCUT2D eigenvalue weighted by Crippen LogP contribution is 2.39. The Morgan fingerprint density at radius 1 is 1.24 bits per heavy atom. The SMILES string of the molecule is CC(C)CC(C(N)=O)N(CC#N)[C@@H](c1ccc(C#N)cc1)C(F)(F)F. The lowest BCUT2D eigenvalue weighted by Gasteiger charge is -2.36. The molecule has 2 atom stereocenters. The predicted molar refractivity (Wildman–Crippen MR) is 84.7 cm³/mol. The number of nitrogens with zero attached hydrogens (tertiary/aromatic N) is 3. The Morgan fingerprint density at radius 2 is 1.80 bits per heavy atom. The number of primary amides is 1. The van der Waals surface area contributed by atoms with Gasteiger partial charge in [0.05, 0.1) is 30.3 Å². The second-order valence-corrected chi connectivity index (χ2v) is 6.06. The van der Waals surface area contributed by atoms with Crippen LogP contribution < -0.4 is 5.73 Å². The van der Waals surface area contributed by atoms with Crippen LogP contribution in [0.25, 0.3) is 0 Å². The molecule has 0 saturated carbocycles. The normalized spacial score (nSPS) is 14.0. The molecule has 0 aromatic heterocycles. The van der Waals surface area contributed by atoms with Gasteiger partial charge < -0.3 is 5.73 Å². The van der Waals surface area contributed by atoms with Crippen LogP contribution in [0.1, 0.15) is 37.4 Å². The number of carbonyl (C=O) groups excluding carboxylic acids is 1. The molecule has 0 fully saturated rings. The first-order chi connectivity index (χ1) is 11.6. The van der Waals surface area contributed by atoms with E-state index in [1.807, 2.05) is 6.07 Å². The number of nitrogens with two attached hydrogens (primary N) is 1. The summed E-state index contributed by atoms with van der Waals surface area (Å²) in [5, 5.41) is 17.8. The summed E-state index contributed by atoms with van der Waals surface area (Å²) in [5.74, 6) is -1.000. The molecule has 0 aliphatic carbocycles. The third-order valence-corrected chi connectivity index (χ3v) is 3.67. The number of rotatable bonds is 7. The molecule has 1 aromatic rings. The highest BCUT2D eigenvalue weighted by atomic mass is 19.4. The molecule has 0 bridgehead atoms. The first kappa shape index (κ1) is 20.5. The van der Waals surface area contributed by atoms with E-state index < -0.39 is 30.7 Å². The van der Waals surface area contributed by atoms with Crippen LogP contribution in [-0.2, 0) is 4.79 Å². The van der Waals surface area contributed by atoms with Gasteiger partial charge in [0.1, 0.15) is 6.04 Å². The molecular weight excluding hydrogens is 333 g/mol. The first-order valence-corrected chi connectivity index (χ1v) is 7.60. The van der Waals surface area contributed by atoms with Gasteiger partial charge in [0.25, 0.3) is 0 Å². The van der Waals surface area contributed by atoms with Gasteiger partial charge in [-0.2, -0.15) is 23.7 Å². The van der Waals surface area contributed by atoms with Gasteiger partial charge in [-0.1, -0.05) is 26.0 Å². The number of amides is 1. The molecule has 1 unspecified atom stereocenters. The van der Waals surface area contributed by atoms with Gasteiger partial charge in [0, 0.05) is 0 Å². The summed E-state index contributed by atoms with van der Waals surface area (Å²) in [7, 11) is 0. The van der Waals surface area contributed by atoms with E-state index in [2.05, 4.69) is 0 Å². The first-order valence-electron chi connectivity index (χ1n) is 7.60. The minimum absolute atomic E-state index is 0.0893. The summed E-state index contributed by atoms with van der Waals surface area (Å²) in [5.41, 5.74) is 5.38. The van der Waals surface area contributed by atoms with E-state index in [4.69, 9.17) is 16.3 Å². The van der Waals surface area contributed by atoms with Gasteiger partial charge in [0.2, 0.25) is 5.91 Å². The average molecular weight is 352 g/mol. The number of benzene rings is 1. The van der Waals surface area contributed by atoms with Gasteiger partial charge in [-0.25, -0.2) is 0 Å². The Hall–Kier alpha value is -2.58. The molecular formula is C17H19F3N4O. The van der Waals surface area contributed by atoms with Crippen LogP contribution in [0.4, 0.5) is 13.2 Å². The van der Waals surface area contributed by atoms with E-state index >= 15 is 0 Å². The Bertz CT molecular complexity index is 671. The summed E-state index contributed by atoms with van der Waals surface area (Å²) in [4.78, 5) is 12.6. The highest BCUT2D eigenvalue weighted by molar-refractivity contribution is 5.80. The van der Waals surface area contributed by atoms with Crippen LogP contribution in [0.5, 0.6) is 0 Å². The minimum Gasteiger partial charge on any atom is -0.368 e. The van der Waals surface area contributed by atoms with Gasteiger partial charge in [-0.05, 0) is 30.0 Å². The van der Waals surface area contributed by atoms with Crippen molar-refractivity contribution in [2.24, 2.45) is 11.7 Å². The Labute approximate surface area is 144 Å². The maximum atomic E-state index is 13.8. The van der Waals surface area contributed by atoms with Gasteiger partial charge in [-0.15, -0.1) is 0 Å². The number of alkyl halides is 3. The second-order valence-electron chi connectivity index (χ2n) is 6.06. The molecule has 0 aliphatic heterocycles. The molecule has 1 amide bonds. The summed E-state index contributed by atoms with van der Waals surface area (Å²) < 4.78 is 41.3. The summed E-state index contributed by atoms with van der Waals surface area (Å²) in [6.45, 7) is 2.90. The van der Waals surface area contributed by atoms with Crippen LogP contribution in [0.15, 0.2) is 24.3 Å². The third-order valence-electron chi connectivity index (χ3n) is 3.67. The average Bonchev–Trinajstić information content (AvgIpc) is 2.51. The highest BCUT2D eigenvalue weighted by Gasteiger charge is 2.47. The summed E-state index contributed by atoms with van der Waals surface area (Å²) in [6.07, 6.45) is -4.63. The van der Waals surface area contributed by atoms with Crippen LogP contribution >= 0.6 is 0 Å². The molecule has 5 nitrogen and oxygen atoms in total. The maximum absolute atomic E-state index is 13.8. The fraction of sp³-hybridized carbons (Fsp3) is 0.471. The van der Waals surface area contributed by atoms with Crippen molar-refractivity contribution in [2.75, 3.05) is 6.54 Å². The van der Waals surface area contributed by atoms with Gasteiger partial charge in [-0.3, -0.25) is 9.69 Å². The number of hydrogen-bond donors (Lipinski definition) is 1. The van der Waals surface area contributed by atoms with E-state index in [1.54, 1.807) is 19.9 Å². The zero-order chi connectivity index (χ0) is 19.2. The zero-order valence-electron chi connectivity index (χ0n) is 13.9. The molecule has 25 heavy (non-hydrogen) atoms. The van der Waals surface area contributed by atoms with E-state index in [0.29, 0.717) is 0 Å². The quantitative estimate of drug-likeness (QED) is 0.764. The molecule has 0 aliphatic rings. The van der Waals surface area contributed by atoms with Gasteiger partial charge in [0.15, 0.2) is 0 Å².